The normalized spacial score (nSPS) is 13.1. The molecular weight excluding hydrogens is 238 g/mol. The number of hydrogen-bond acceptors (Lipinski definition) is 5. The standard InChI is InChI=1S/C6H13NO2.C6H10O3/c1-4(2)3-5(7)6(8)9;1-4(2)6(8)9-5(3)7/h4-5H,3,7H2,1-2H3,(H,8,9);5,7H,1H2,2-3H3. The summed E-state index contributed by atoms with van der Waals surface area (Å²) in [4.78, 5) is 20.6. The number of aliphatic hydroxyl groups is 1. The quantitative estimate of drug-likeness (QED) is 0.385. The van der Waals surface area contributed by atoms with Crippen LogP contribution < -0.4 is 5.73 Å². The molecule has 0 amide bonds. The second kappa shape index (κ2) is 9.61. The molecule has 0 spiro atoms. The SMILES string of the molecule is C=C(C)C(=O)OC(C)O.CC(C)CC(N)C(=O)O. The third-order valence-electron chi connectivity index (χ3n) is 1.67. The van der Waals surface area contributed by atoms with Crippen molar-refractivity contribution in [3.8, 4) is 0 Å². The van der Waals surface area contributed by atoms with E-state index in [1.807, 2.05) is 13.8 Å². The number of ether oxygens (including phenoxy) is 1. The molecule has 0 saturated carbocycles. The molecule has 0 aromatic carbocycles. The summed E-state index contributed by atoms with van der Waals surface area (Å²) in [6.45, 7) is 10.1. The molecule has 0 aliphatic rings. The van der Waals surface area contributed by atoms with Gasteiger partial charge in [-0.3, -0.25) is 4.79 Å². The van der Waals surface area contributed by atoms with Crippen molar-refractivity contribution in [2.24, 2.45) is 11.7 Å². The Labute approximate surface area is 107 Å². The van der Waals surface area contributed by atoms with Crippen molar-refractivity contribution in [3.63, 3.8) is 0 Å². The molecule has 0 bridgehead atoms. The summed E-state index contributed by atoms with van der Waals surface area (Å²) in [5.74, 6) is -1.12. The van der Waals surface area contributed by atoms with Gasteiger partial charge in [0.2, 0.25) is 0 Å². The van der Waals surface area contributed by atoms with Gasteiger partial charge >= 0.3 is 11.9 Å². The molecule has 6 nitrogen and oxygen atoms in total. The molecule has 0 rings (SSSR count). The lowest BCUT2D eigenvalue weighted by Crippen LogP contribution is -2.31. The molecule has 0 aromatic heterocycles. The van der Waals surface area contributed by atoms with Crippen LogP contribution in [0.5, 0.6) is 0 Å². The fourth-order valence-corrected chi connectivity index (χ4v) is 0.864. The molecule has 0 radical (unpaired) electrons. The lowest BCUT2D eigenvalue weighted by molar-refractivity contribution is -0.159. The summed E-state index contributed by atoms with van der Waals surface area (Å²) in [5, 5.41) is 16.8. The number of carboxylic acid groups (broad SMARTS) is 1. The van der Waals surface area contributed by atoms with Gasteiger partial charge in [0.05, 0.1) is 0 Å². The maximum Gasteiger partial charge on any atom is 0.335 e. The van der Waals surface area contributed by atoms with Crippen LogP contribution in [-0.4, -0.2) is 34.5 Å². The van der Waals surface area contributed by atoms with E-state index in [0.29, 0.717) is 12.3 Å². The van der Waals surface area contributed by atoms with Gasteiger partial charge in [0.1, 0.15) is 6.04 Å². The Balaban J connectivity index is 0. The summed E-state index contributed by atoms with van der Waals surface area (Å²) in [6.07, 6.45) is -0.496. The van der Waals surface area contributed by atoms with Gasteiger partial charge < -0.3 is 20.7 Å². The number of rotatable bonds is 5. The lowest BCUT2D eigenvalue weighted by atomic mass is 10.1. The Hall–Kier alpha value is -1.40. The van der Waals surface area contributed by atoms with Crippen molar-refractivity contribution in [1.82, 2.24) is 0 Å². The number of carbonyl (C=O) groups is 2. The van der Waals surface area contributed by atoms with E-state index >= 15 is 0 Å². The molecule has 4 N–H and O–H groups in total. The van der Waals surface area contributed by atoms with E-state index in [-0.39, 0.29) is 5.57 Å². The smallest absolute Gasteiger partial charge is 0.335 e. The minimum atomic E-state index is -1.05. The fourth-order valence-electron chi connectivity index (χ4n) is 0.864. The van der Waals surface area contributed by atoms with Crippen LogP contribution in [0.25, 0.3) is 0 Å². The van der Waals surface area contributed by atoms with E-state index in [0.717, 1.165) is 0 Å². The van der Waals surface area contributed by atoms with Gasteiger partial charge in [-0.15, -0.1) is 0 Å². The number of aliphatic carboxylic acids is 1. The summed E-state index contributed by atoms with van der Waals surface area (Å²) >= 11 is 0. The van der Waals surface area contributed by atoms with E-state index in [4.69, 9.17) is 15.9 Å². The zero-order valence-corrected chi connectivity index (χ0v) is 11.3. The highest BCUT2D eigenvalue weighted by molar-refractivity contribution is 5.86. The van der Waals surface area contributed by atoms with E-state index in [9.17, 15) is 9.59 Å². The van der Waals surface area contributed by atoms with Gasteiger partial charge in [-0.1, -0.05) is 20.4 Å². The highest BCUT2D eigenvalue weighted by Gasteiger charge is 2.11. The minimum Gasteiger partial charge on any atom is -0.480 e. The van der Waals surface area contributed by atoms with E-state index in [1.165, 1.54) is 13.8 Å². The number of aliphatic hydroxyl groups excluding tert-OH is 1. The molecule has 0 fully saturated rings. The Morgan fingerprint density at radius 1 is 1.33 bits per heavy atom. The van der Waals surface area contributed by atoms with Crippen LogP contribution in [0.2, 0.25) is 0 Å². The summed E-state index contributed by atoms with van der Waals surface area (Å²) in [7, 11) is 0. The molecule has 106 valence electrons. The minimum absolute atomic E-state index is 0.288. The average Bonchev–Trinajstić information content (AvgIpc) is 2.16. The van der Waals surface area contributed by atoms with Crippen molar-refractivity contribution in [2.45, 2.75) is 46.4 Å². The molecule has 0 aromatic rings. The first kappa shape index (κ1) is 19.0. The third kappa shape index (κ3) is 12.7. The Morgan fingerprint density at radius 2 is 1.78 bits per heavy atom. The van der Waals surface area contributed by atoms with Crippen molar-refractivity contribution in [2.75, 3.05) is 0 Å². The van der Waals surface area contributed by atoms with Crippen molar-refractivity contribution < 1.29 is 24.5 Å². The van der Waals surface area contributed by atoms with Gasteiger partial charge in [-0.2, -0.15) is 0 Å². The number of esters is 1. The monoisotopic (exact) mass is 261 g/mol. The Bertz CT molecular complexity index is 286. The first-order valence-corrected chi connectivity index (χ1v) is 5.60. The van der Waals surface area contributed by atoms with Crippen LogP contribution in [0, 0.1) is 5.92 Å². The number of hydrogen-bond donors (Lipinski definition) is 3. The highest BCUT2D eigenvalue weighted by atomic mass is 16.6. The fraction of sp³-hybridized carbons (Fsp3) is 0.667. The maximum atomic E-state index is 10.5. The number of carbonyl (C=O) groups excluding carboxylic acids is 1. The molecule has 18 heavy (non-hydrogen) atoms. The second-order valence-electron chi connectivity index (χ2n) is 4.36. The van der Waals surface area contributed by atoms with Crippen LogP contribution in [0.4, 0.5) is 0 Å². The van der Waals surface area contributed by atoms with Gasteiger partial charge in [0.15, 0.2) is 6.29 Å². The average molecular weight is 261 g/mol. The van der Waals surface area contributed by atoms with Crippen LogP contribution in [0.15, 0.2) is 12.2 Å². The molecule has 0 saturated heterocycles. The summed E-state index contributed by atoms with van der Waals surface area (Å²) in [6, 6.07) is -0.690. The predicted octanol–water partition coefficient (Wildman–Crippen LogP) is 0.888. The third-order valence-corrected chi connectivity index (χ3v) is 1.67. The zero-order chi connectivity index (χ0) is 14.9. The zero-order valence-electron chi connectivity index (χ0n) is 11.3. The van der Waals surface area contributed by atoms with Gasteiger partial charge in [0.25, 0.3) is 0 Å². The first-order valence-electron chi connectivity index (χ1n) is 5.60. The molecular formula is C12H23NO5. The van der Waals surface area contributed by atoms with Crippen LogP contribution in [0.3, 0.4) is 0 Å². The summed E-state index contributed by atoms with van der Waals surface area (Å²) in [5.41, 5.74) is 5.51. The molecule has 2 atom stereocenters. The van der Waals surface area contributed by atoms with Crippen LogP contribution >= 0.6 is 0 Å². The van der Waals surface area contributed by atoms with Crippen molar-refractivity contribution in [3.05, 3.63) is 12.2 Å². The molecule has 6 heteroatoms. The van der Waals surface area contributed by atoms with Gasteiger partial charge in [-0.25, -0.2) is 4.79 Å². The van der Waals surface area contributed by atoms with E-state index in [1.54, 1.807) is 0 Å². The van der Waals surface area contributed by atoms with Gasteiger partial charge in [0, 0.05) is 5.57 Å². The Morgan fingerprint density at radius 3 is 1.89 bits per heavy atom. The lowest BCUT2D eigenvalue weighted by Gasteiger charge is -2.07. The topological polar surface area (TPSA) is 110 Å². The van der Waals surface area contributed by atoms with Gasteiger partial charge in [-0.05, 0) is 26.2 Å². The predicted molar refractivity (Wildman–Crippen MR) is 67.7 cm³/mol. The molecule has 0 aliphatic carbocycles. The van der Waals surface area contributed by atoms with E-state index < -0.39 is 24.3 Å². The number of nitrogens with two attached hydrogens (primary N) is 1. The first-order chi connectivity index (χ1) is 8.07. The highest BCUT2D eigenvalue weighted by Crippen LogP contribution is 2.01. The number of carboxylic acids is 1. The Kier molecular flexibility index (Phi) is 10.1. The van der Waals surface area contributed by atoms with E-state index in [2.05, 4.69) is 11.3 Å². The molecule has 0 aliphatic heterocycles. The van der Waals surface area contributed by atoms with Crippen molar-refractivity contribution in [1.29, 1.82) is 0 Å². The second-order valence-corrected chi connectivity index (χ2v) is 4.36. The van der Waals surface area contributed by atoms with Crippen LogP contribution in [-0.2, 0) is 14.3 Å². The molecule has 2 unspecified atom stereocenters. The summed E-state index contributed by atoms with van der Waals surface area (Å²) < 4.78 is 4.33. The largest absolute Gasteiger partial charge is 0.480 e. The maximum absolute atomic E-state index is 10.5. The van der Waals surface area contributed by atoms with Crippen LogP contribution in [0.1, 0.15) is 34.1 Å². The van der Waals surface area contributed by atoms with Crippen molar-refractivity contribution >= 4 is 11.9 Å². The molecule has 0 heterocycles.